The van der Waals surface area contributed by atoms with Gasteiger partial charge in [0, 0.05) is 42.4 Å². The maximum atomic E-state index is 14.3. The van der Waals surface area contributed by atoms with Gasteiger partial charge in [0.05, 0.1) is 5.92 Å². The lowest BCUT2D eigenvalue weighted by Gasteiger charge is -2.36. The zero-order valence-corrected chi connectivity index (χ0v) is 15.7. The Morgan fingerprint density at radius 2 is 1.83 bits per heavy atom. The van der Waals surface area contributed by atoms with Gasteiger partial charge in [0.2, 0.25) is 0 Å². The van der Waals surface area contributed by atoms with Crippen molar-refractivity contribution < 1.29 is 17.9 Å². The Hall–Kier alpha value is -2.60. The van der Waals surface area contributed by atoms with E-state index in [0.717, 1.165) is 23.6 Å². The molecule has 150 valence electrons. The molecule has 0 bridgehead atoms. The first-order chi connectivity index (χ1) is 14.0. The second-order valence-corrected chi connectivity index (χ2v) is 8.00. The molecule has 1 N–H and O–H groups in total. The summed E-state index contributed by atoms with van der Waals surface area (Å²) in [5.41, 5.74) is 1.32. The van der Waals surface area contributed by atoms with E-state index in [1.165, 1.54) is 6.07 Å². The number of fused-ring (bicyclic) bond motifs is 1. The van der Waals surface area contributed by atoms with Crippen molar-refractivity contribution in [3.8, 4) is 5.75 Å². The molecular formula is C23H21F3N2O. The number of halogens is 3. The maximum Gasteiger partial charge on any atom is 0.255 e. The van der Waals surface area contributed by atoms with Gasteiger partial charge < -0.3 is 10.1 Å². The Balaban J connectivity index is 1.13. The Morgan fingerprint density at radius 3 is 2.55 bits per heavy atom. The number of rotatable bonds is 6. The van der Waals surface area contributed by atoms with E-state index in [1.807, 2.05) is 6.07 Å². The van der Waals surface area contributed by atoms with Gasteiger partial charge >= 0.3 is 0 Å². The predicted molar refractivity (Wildman–Crippen MR) is 105 cm³/mol. The largest absolute Gasteiger partial charge is 0.490 e. The molecule has 3 nitrogen and oxygen atoms in total. The zero-order valence-electron chi connectivity index (χ0n) is 15.7. The molecule has 6 heteroatoms. The molecule has 1 heterocycles. The van der Waals surface area contributed by atoms with E-state index < -0.39 is 11.8 Å². The summed E-state index contributed by atoms with van der Waals surface area (Å²) in [5, 5.41) is 5.20. The molecule has 1 atom stereocenters. The van der Waals surface area contributed by atoms with E-state index in [1.54, 1.807) is 42.7 Å². The normalized spacial score (nSPS) is 24.9. The van der Waals surface area contributed by atoms with Crippen LogP contribution in [-0.4, -0.2) is 23.1 Å². The molecule has 2 aliphatic carbocycles. The van der Waals surface area contributed by atoms with Crippen LogP contribution >= 0.6 is 0 Å². The van der Waals surface area contributed by atoms with Crippen LogP contribution in [0, 0.1) is 5.82 Å². The number of hydrogen-bond donors (Lipinski definition) is 1. The van der Waals surface area contributed by atoms with Gasteiger partial charge in [-0.25, -0.2) is 13.2 Å². The Morgan fingerprint density at radius 1 is 1.07 bits per heavy atom. The van der Waals surface area contributed by atoms with E-state index in [4.69, 9.17) is 4.74 Å². The van der Waals surface area contributed by atoms with Crippen molar-refractivity contribution in [1.82, 2.24) is 10.3 Å². The van der Waals surface area contributed by atoms with Gasteiger partial charge in [-0.15, -0.1) is 0 Å². The van der Waals surface area contributed by atoms with Crippen LogP contribution < -0.4 is 10.1 Å². The summed E-state index contributed by atoms with van der Waals surface area (Å²) in [6.45, 7) is 0.453. The predicted octanol–water partition coefficient (Wildman–Crippen LogP) is 5.20. The van der Waals surface area contributed by atoms with Crippen LogP contribution in [0.2, 0.25) is 0 Å². The van der Waals surface area contributed by atoms with E-state index in [2.05, 4.69) is 10.3 Å². The SMILES string of the molecule is Fc1ccc2cnccc2c1CNC1CC(Oc2ccc([C@H]3CC3(F)F)cc2)C1. The van der Waals surface area contributed by atoms with Crippen LogP contribution in [-0.2, 0) is 6.54 Å². The minimum absolute atomic E-state index is 0.0585. The first-order valence-electron chi connectivity index (χ1n) is 9.88. The lowest BCUT2D eigenvalue weighted by molar-refractivity contribution is 0.0841. The van der Waals surface area contributed by atoms with Crippen molar-refractivity contribution in [3.63, 3.8) is 0 Å². The number of benzene rings is 2. The van der Waals surface area contributed by atoms with Gasteiger partial charge in [-0.1, -0.05) is 12.1 Å². The number of alkyl halides is 2. The highest BCUT2D eigenvalue weighted by Crippen LogP contribution is 2.55. The van der Waals surface area contributed by atoms with Crippen LogP contribution in [0.25, 0.3) is 10.8 Å². The van der Waals surface area contributed by atoms with Gasteiger partial charge in [0.1, 0.15) is 17.7 Å². The number of aromatic nitrogens is 1. The highest BCUT2D eigenvalue weighted by molar-refractivity contribution is 5.84. The summed E-state index contributed by atoms with van der Waals surface area (Å²) < 4.78 is 46.5. The zero-order chi connectivity index (χ0) is 20.0. The number of pyridine rings is 1. The molecule has 0 unspecified atom stereocenters. The van der Waals surface area contributed by atoms with Crippen molar-refractivity contribution in [1.29, 1.82) is 0 Å². The van der Waals surface area contributed by atoms with Crippen LogP contribution in [0.5, 0.6) is 5.75 Å². The fourth-order valence-electron chi connectivity index (χ4n) is 4.01. The minimum Gasteiger partial charge on any atom is -0.490 e. The molecule has 2 saturated carbocycles. The molecule has 3 aromatic rings. The van der Waals surface area contributed by atoms with Crippen LogP contribution in [0.1, 0.15) is 36.3 Å². The third-order valence-corrected chi connectivity index (χ3v) is 5.95. The average Bonchev–Trinajstić information content (AvgIpc) is 3.33. The molecule has 2 aliphatic rings. The molecule has 2 aromatic carbocycles. The molecule has 1 aromatic heterocycles. The first kappa shape index (κ1) is 18.4. The number of nitrogens with zero attached hydrogens (tertiary/aromatic N) is 1. The molecular weight excluding hydrogens is 377 g/mol. The van der Waals surface area contributed by atoms with E-state index >= 15 is 0 Å². The number of hydrogen-bond acceptors (Lipinski definition) is 3. The summed E-state index contributed by atoms with van der Waals surface area (Å²) in [4.78, 5) is 4.09. The molecule has 0 saturated heterocycles. The Labute approximate surface area is 166 Å². The molecule has 5 rings (SSSR count). The summed E-state index contributed by atoms with van der Waals surface area (Å²) in [6, 6.07) is 12.3. The van der Waals surface area contributed by atoms with Gasteiger partial charge in [0.15, 0.2) is 0 Å². The molecule has 0 amide bonds. The van der Waals surface area contributed by atoms with Gasteiger partial charge in [0.25, 0.3) is 5.92 Å². The third kappa shape index (κ3) is 3.69. The van der Waals surface area contributed by atoms with Gasteiger partial charge in [-0.2, -0.15) is 0 Å². The van der Waals surface area contributed by atoms with E-state index in [-0.39, 0.29) is 24.4 Å². The molecule has 0 spiro atoms. The third-order valence-electron chi connectivity index (χ3n) is 5.95. The summed E-state index contributed by atoms with van der Waals surface area (Å²) in [7, 11) is 0. The van der Waals surface area contributed by atoms with Gasteiger partial charge in [-0.3, -0.25) is 4.98 Å². The second-order valence-electron chi connectivity index (χ2n) is 8.00. The molecule has 0 aliphatic heterocycles. The summed E-state index contributed by atoms with van der Waals surface area (Å²) >= 11 is 0. The lowest BCUT2D eigenvalue weighted by atomic mass is 9.89. The minimum atomic E-state index is -2.55. The Bertz CT molecular complexity index is 1030. The molecule has 0 radical (unpaired) electrons. The van der Waals surface area contributed by atoms with E-state index in [9.17, 15) is 13.2 Å². The maximum absolute atomic E-state index is 14.3. The van der Waals surface area contributed by atoms with Crippen LogP contribution in [0.4, 0.5) is 13.2 Å². The second kappa shape index (κ2) is 7.02. The lowest BCUT2D eigenvalue weighted by Crippen LogP contribution is -2.46. The van der Waals surface area contributed by atoms with Crippen molar-refractivity contribution in [3.05, 3.63) is 71.8 Å². The smallest absolute Gasteiger partial charge is 0.255 e. The van der Waals surface area contributed by atoms with Crippen LogP contribution in [0.3, 0.4) is 0 Å². The standard InChI is InChI=1S/C23H21F3N2O/c24-22-6-3-15-12-27-8-7-19(15)20(22)13-28-16-9-18(10-16)29-17-4-1-14(2-5-17)21-11-23(21,25)26/h1-8,12,16,18,21,28H,9-11,13H2/t16?,18?,21-/m1/s1. The summed E-state index contributed by atoms with van der Waals surface area (Å²) in [5.74, 6) is -2.70. The first-order valence-corrected chi connectivity index (χ1v) is 9.88. The fraction of sp³-hybridized carbons (Fsp3) is 0.348. The average molecular weight is 398 g/mol. The van der Waals surface area contributed by atoms with Crippen molar-refractivity contribution in [2.75, 3.05) is 0 Å². The van der Waals surface area contributed by atoms with Crippen molar-refractivity contribution in [2.24, 2.45) is 0 Å². The van der Waals surface area contributed by atoms with Gasteiger partial charge in [-0.05, 0) is 54.1 Å². The quantitative estimate of drug-likeness (QED) is 0.620. The monoisotopic (exact) mass is 398 g/mol. The molecule has 2 fully saturated rings. The van der Waals surface area contributed by atoms with E-state index in [0.29, 0.717) is 23.4 Å². The highest BCUT2D eigenvalue weighted by Gasteiger charge is 2.57. The highest BCUT2D eigenvalue weighted by atomic mass is 19.3. The van der Waals surface area contributed by atoms with Crippen LogP contribution in [0.15, 0.2) is 54.9 Å². The number of ether oxygens (including phenoxy) is 1. The molecule has 29 heavy (non-hydrogen) atoms. The fourth-order valence-corrected chi connectivity index (χ4v) is 4.01. The topological polar surface area (TPSA) is 34.2 Å². The van der Waals surface area contributed by atoms with Crippen molar-refractivity contribution in [2.45, 2.75) is 49.8 Å². The Kier molecular flexibility index (Phi) is 4.46. The summed E-state index contributed by atoms with van der Waals surface area (Å²) in [6.07, 6.45) is 5.10. The van der Waals surface area contributed by atoms with Crippen molar-refractivity contribution >= 4 is 10.8 Å². The number of nitrogens with one attached hydrogen (secondary N) is 1.